The van der Waals surface area contributed by atoms with Crippen molar-refractivity contribution in [3.63, 3.8) is 0 Å². The fraction of sp³-hybridized carbons (Fsp3) is 0.357. The second kappa shape index (κ2) is 6.13. The van der Waals surface area contributed by atoms with Gasteiger partial charge in [-0.15, -0.1) is 0 Å². The molecule has 5 nitrogen and oxygen atoms in total. The molecule has 0 aromatic carbocycles. The summed E-state index contributed by atoms with van der Waals surface area (Å²) < 4.78 is 5.04. The second-order valence-corrected chi connectivity index (χ2v) is 4.23. The average molecular weight is 258 g/mol. The summed E-state index contributed by atoms with van der Waals surface area (Å²) in [4.78, 5) is 13.1. The van der Waals surface area contributed by atoms with Crippen LogP contribution in [0, 0.1) is 6.92 Å². The van der Waals surface area contributed by atoms with Gasteiger partial charge in [0.05, 0.1) is 7.11 Å². The summed E-state index contributed by atoms with van der Waals surface area (Å²) in [5, 5.41) is 3.21. The normalized spacial score (nSPS) is 10.3. The Kier molecular flexibility index (Phi) is 4.28. The van der Waals surface area contributed by atoms with Gasteiger partial charge in [0.15, 0.2) is 0 Å². The van der Waals surface area contributed by atoms with Crippen LogP contribution in [0.1, 0.15) is 24.0 Å². The van der Waals surface area contributed by atoms with Crippen LogP contribution >= 0.6 is 0 Å². The molecule has 0 unspecified atom stereocenters. The van der Waals surface area contributed by atoms with Gasteiger partial charge >= 0.3 is 0 Å². The maximum atomic E-state index is 5.04. The van der Waals surface area contributed by atoms with Crippen LogP contribution in [0.15, 0.2) is 24.4 Å². The van der Waals surface area contributed by atoms with Gasteiger partial charge in [0.1, 0.15) is 11.6 Å². The zero-order chi connectivity index (χ0) is 13.7. The van der Waals surface area contributed by atoms with Crippen LogP contribution in [0.5, 0.6) is 5.88 Å². The number of ether oxygens (including phenoxy) is 1. The Balaban J connectivity index is 2.17. The largest absolute Gasteiger partial charge is 0.481 e. The molecule has 0 fully saturated rings. The summed E-state index contributed by atoms with van der Waals surface area (Å²) in [5.74, 6) is 2.27. The predicted octanol–water partition coefficient (Wildman–Crippen LogP) is 2.21. The first-order chi connectivity index (χ1) is 9.21. The van der Waals surface area contributed by atoms with E-state index in [1.165, 1.54) is 0 Å². The van der Waals surface area contributed by atoms with Crippen molar-refractivity contribution in [2.24, 2.45) is 0 Å². The number of methoxy groups -OCH3 is 1. The molecule has 0 radical (unpaired) electrons. The Morgan fingerprint density at radius 3 is 2.74 bits per heavy atom. The molecule has 0 bridgehead atoms. The van der Waals surface area contributed by atoms with Crippen LogP contribution in [0.3, 0.4) is 0 Å². The van der Waals surface area contributed by atoms with Crippen molar-refractivity contribution in [3.05, 3.63) is 41.5 Å². The lowest BCUT2D eigenvalue weighted by Crippen LogP contribution is -2.05. The van der Waals surface area contributed by atoms with Gasteiger partial charge in [0.25, 0.3) is 0 Å². The van der Waals surface area contributed by atoms with Gasteiger partial charge in [-0.05, 0) is 19.4 Å². The van der Waals surface area contributed by atoms with Crippen LogP contribution in [0.25, 0.3) is 0 Å². The molecule has 0 spiro atoms. The average Bonchev–Trinajstić information content (AvgIpc) is 2.39. The van der Waals surface area contributed by atoms with E-state index in [2.05, 4.69) is 20.3 Å². The van der Waals surface area contributed by atoms with Gasteiger partial charge in [-0.1, -0.05) is 6.07 Å². The highest BCUT2D eigenvalue weighted by molar-refractivity contribution is 5.36. The topological polar surface area (TPSA) is 59.9 Å². The number of pyridine rings is 1. The smallest absolute Gasteiger partial charge is 0.212 e. The Bertz CT molecular complexity index is 540. The highest BCUT2D eigenvalue weighted by atomic mass is 16.5. The molecule has 0 saturated carbocycles. The lowest BCUT2D eigenvalue weighted by molar-refractivity contribution is 0.397. The SMILES string of the molecule is CCNc1cc(C)nc(Cc2ccc(OC)nc2)n1. The first-order valence-corrected chi connectivity index (χ1v) is 6.28. The van der Waals surface area contributed by atoms with Crippen LogP contribution < -0.4 is 10.1 Å². The minimum atomic E-state index is 0.613. The van der Waals surface area contributed by atoms with Crippen molar-refractivity contribution >= 4 is 5.82 Å². The molecule has 1 N–H and O–H groups in total. The molecule has 2 aromatic rings. The zero-order valence-corrected chi connectivity index (χ0v) is 11.5. The van der Waals surface area contributed by atoms with Crippen molar-refractivity contribution < 1.29 is 4.74 Å². The molecular formula is C14H18N4O. The van der Waals surface area contributed by atoms with Crippen LogP contribution in [0.2, 0.25) is 0 Å². The van der Waals surface area contributed by atoms with E-state index in [1.807, 2.05) is 32.0 Å². The Morgan fingerprint density at radius 2 is 2.11 bits per heavy atom. The number of nitrogens with zero attached hydrogens (tertiary/aromatic N) is 3. The quantitative estimate of drug-likeness (QED) is 0.891. The molecular weight excluding hydrogens is 240 g/mol. The van der Waals surface area contributed by atoms with Gasteiger partial charge in [0.2, 0.25) is 5.88 Å². The monoisotopic (exact) mass is 258 g/mol. The standard InChI is InChI=1S/C14H18N4O/c1-4-15-12-7-10(2)17-13(18-12)8-11-5-6-14(19-3)16-9-11/h5-7,9H,4,8H2,1-3H3,(H,15,17,18). The predicted molar refractivity (Wildman–Crippen MR) is 74.5 cm³/mol. The lowest BCUT2D eigenvalue weighted by Gasteiger charge is -2.07. The maximum absolute atomic E-state index is 5.04. The third kappa shape index (κ3) is 3.64. The summed E-state index contributed by atoms with van der Waals surface area (Å²) in [6.45, 7) is 4.86. The highest BCUT2D eigenvalue weighted by Gasteiger charge is 2.04. The van der Waals surface area contributed by atoms with E-state index in [0.717, 1.165) is 29.4 Å². The van der Waals surface area contributed by atoms with E-state index < -0.39 is 0 Å². The van der Waals surface area contributed by atoms with Crippen molar-refractivity contribution in [1.82, 2.24) is 15.0 Å². The summed E-state index contributed by atoms with van der Waals surface area (Å²) in [6.07, 6.45) is 2.45. The van der Waals surface area contributed by atoms with E-state index in [0.29, 0.717) is 12.3 Å². The summed E-state index contributed by atoms with van der Waals surface area (Å²) in [7, 11) is 1.61. The third-order valence-corrected chi connectivity index (χ3v) is 2.63. The Morgan fingerprint density at radius 1 is 1.26 bits per heavy atom. The lowest BCUT2D eigenvalue weighted by atomic mass is 10.2. The molecule has 0 aliphatic rings. The second-order valence-electron chi connectivity index (χ2n) is 4.23. The molecule has 19 heavy (non-hydrogen) atoms. The van der Waals surface area contributed by atoms with E-state index in [1.54, 1.807) is 13.3 Å². The molecule has 5 heteroatoms. The first-order valence-electron chi connectivity index (χ1n) is 6.28. The molecule has 0 amide bonds. The molecule has 2 aromatic heterocycles. The van der Waals surface area contributed by atoms with Gasteiger partial charge < -0.3 is 10.1 Å². The molecule has 2 heterocycles. The van der Waals surface area contributed by atoms with Gasteiger partial charge in [0, 0.05) is 37.0 Å². The number of aromatic nitrogens is 3. The molecule has 2 rings (SSSR count). The van der Waals surface area contributed by atoms with Crippen molar-refractivity contribution in [3.8, 4) is 5.88 Å². The zero-order valence-electron chi connectivity index (χ0n) is 11.5. The van der Waals surface area contributed by atoms with E-state index in [9.17, 15) is 0 Å². The fourth-order valence-corrected chi connectivity index (χ4v) is 1.80. The highest BCUT2D eigenvalue weighted by Crippen LogP contribution is 2.12. The molecule has 0 saturated heterocycles. The minimum Gasteiger partial charge on any atom is -0.481 e. The van der Waals surface area contributed by atoms with Crippen molar-refractivity contribution in [2.45, 2.75) is 20.3 Å². The maximum Gasteiger partial charge on any atom is 0.212 e. The number of anilines is 1. The van der Waals surface area contributed by atoms with Crippen molar-refractivity contribution in [2.75, 3.05) is 19.0 Å². The minimum absolute atomic E-state index is 0.613. The fourth-order valence-electron chi connectivity index (χ4n) is 1.80. The van der Waals surface area contributed by atoms with Gasteiger partial charge in [-0.3, -0.25) is 0 Å². The van der Waals surface area contributed by atoms with E-state index in [-0.39, 0.29) is 0 Å². The van der Waals surface area contributed by atoms with Crippen LogP contribution in [-0.4, -0.2) is 28.6 Å². The van der Waals surface area contributed by atoms with E-state index >= 15 is 0 Å². The van der Waals surface area contributed by atoms with Gasteiger partial charge in [-0.25, -0.2) is 15.0 Å². The Labute approximate surface area is 113 Å². The van der Waals surface area contributed by atoms with Gasteiger partial charge in [-0.2, -0.15) is 0 Å². The van der Waals surface area contributed by atoms with Crippen LogP contribution in [0.4, 0.5) is 5.82 Å². The molecule has 0 aliphatic heterocycles. The summed E-state index contributed by atoms with van der Waals surface area (Å²) >= 11 is 0. The summed E-state index contributed by atoms with van der Waals surface area (Å²) in [6, 6.07) is 5.76. The third-order valence-electron chi connectivity index (χ3n) is 2.63. The molecule has 100 valence electrons. The first kappa shape index (κ1) is 13.3. The number of hydrogen-bond donors (Lipinski definition) is 1. The number of rotatable bonds is 5. The van der Waals surface area contributed by atoms with E-state index in [4.69, 9.17) is 4.74 Å². The van der Waals surface area contributed by atoms with Crippen LogP contribution in [-0.2, 0) is 6.42 Å². The Hall–Kier alpha value is -2.17. The number of aryl methyl sites for hydroxylation is 1. The molecule has 0 atom stereocenters. The van der Waals surface area contributed by atoms with Crippen molar-refractivity contribution in [1.29, 1.82) is 0 Å². The number of hydrogen-bond acceptors (Lipinski definition) is 5. The molecule has 0 aliphatic carbocycles. The number of nitrogens with one attached hydrogen (secondary N) is 1. The summed E-state index contributed by atoms with van der Waals surface area (Å²) in [5.41, 5.74) is 2.02.